The Morgan fingerprint density at radius 1 is 1.32 bits per heavy atom. The van der Waals surface area contributed by atoms with Gasteiger partial charge in [-0.25, -0.2) is 4.79 Å². The Balaban J connectivity index is 1.68. The molecule has 0 aliphatic heterocycles. The van der Waals surface area contributed by atoms with E-state index in [0.29, 0.717) is 18.4 Å². The normalized spacial score (nSPS) is 40.5. The molecule has 0 saturated heterocycles. The van der Waals surface area contributed by atoms with E-state index in [4.69, 9.17) is 14.6 Å². The zero-order chi connectivity index (χ0) is 15.8. The average Bonchev–Trinajstić information content (AvgIpc) is 2.44. The lowest BCUT2D eigenvalue weighted by atomic mass is 9.48. The molecule has 4 fully saturated rings. The molecule has 0 amide bonds. The summed E-state index contributed by atoms with van der Waals surface area (Å²) in [7, 11) is 0. The number of hydrogen-bond acceptors (Lipinski definition) is 5. The van der Waals surface area contributed by atoms with Crippen molar-refractivity contribution in [3.8, 4) is 0 Å². The molecule has 3 unspecified atom stereocenters. The summed E-state index contributed by atoms with van der Waals surface area (Å²) in [6.45, 7) is 3.96. The Labute approximate surface area is 131 Å². The van der Waals surface area contributed by atoms with Crippen LogP contribution in [0, 0.1) is 17.3 Å². The highest BCUT2D eigenvalue weighted by Gasteiger charge is 2.59. The maximum atomic E-state index is 11.7. The first-order valence-corrected chi connectivity index (χ1v) is 8.20. The highest BCUT2D eigenvalue weighted by Crippen LogP contribution is 2.62. The Morgan fingerprint density at radius 3 is 2.59 bits per heavy atom. The van der Waals surface area contributed by atoms with Gasteiger partial charge < -0.3 is 19.7 Å². The van der Waals surface area contributed by atoms with Gasteiger partial charge in [0.2, 0.25) is 0 Å². The number of esters is 1. The van der Waals surface area contributed by atoms with Gasteiger partial charge in [0.25, 0.3) is 0 Å². The molecular formula is C17H26O5. The molecule has 0 aromatic heterocycles. The van der Waals surface area contributed by atoms with E-state index in [0.717, 1.165) is 32.1 Å². The molecule has 0 aromatic carbocycles. The van der Waals surface area contributed by atoms with Crippen LogP contribution in [-0.4, -0.2) is 47.7 Å². The number of ether oxygens (including phenoxy) is 2. The zero-order valence-corrected chi connectivity index (χ0v) is 13.0. The van der Waals surface area contributed by atoms with Crippen molar-refractivity contribution in [2.45, 2.75) is 50.2 Å². The number of rotatable bonds is 7. The van der Waals surface area contributed by atoms with Gasteiger partial charge in [0.05, 0.1) is 19.8 Å². The number of aliphatic hydroxyl groups excluding tert-OH is 2. The average molecular weight is 310 g/mol. The van der Waals surface area contributed by atoms with Crippen molar-refractivity contribution in [3.63, 3.8) is 0 Å². The highest BCUT2D eigenvalue weighted by molar-refractivity contribution is 5.81. The molecule has 124 valence electrons. The molecule has 22 heavy (non-hydrogen) atoms. The van der Waals surface area contributed by atoms with Gasteiger partial charge in [-0.1, -0.05) is 6.58 Å². The van der Waals surface area contributed by atoms with E-state index in [1.165, 1.54) is 12.5 Å². The Kier molecular flexibility index (Phi) is 4.32. The molecule has 5 heteroatoms. The molecule has 4 rings (SSSR count). The van der Waals surface area contributed by atoms with Crippen molar-refractivity contribution in [2.75, 3.05) is 19.8 Å². The molecule has 4 aliphatic rings. The van der Waals surface area contributed by atoms with Gasteiger partial charge >= 0.3 is 5.97 Å². The molecule has 0 spiro atoms. The molecule has 4 saturated carbocycles. The fourth-order valence-corrected chi connectivity index (χ4v) is 5.37. The summed E-state index contributed by atoms with van der Waals surface area (Å²) in [5, 5.41) is 18.3. The van der Waals surface area contributed by atoms with Crippen LogP contribution in [0.5, 0.6) is 0 Å². The van der Waals surface area contributed by atoms with Gasteiger partial charge in [0.15, 0.2) is 0 Å². The van der Waals surface area contributed by atoms with Gasteiger partial charge in [-0.05, 0) is 55.8 Å². The first-order chi connectivity index (χ1) is 10.5. The minimum atomic E-state index is -0.818. The summed E-state index contributed by atoms with van der Waals surface area (Å²) < 4.78 is 11.4. The molecule has 0 aromatic rings. The molecule has 2 N–H and O–H groups in total. The molecule has 0 radical (unpaired) electrons. The standard InChI is InChI=1S/C17H26O5/c1-2-15(20)22-17-6-12-3-13(7-17)5-16(4-12,10-17)11-21-9-14(19)8-18/h2,12-14,18-19H,1,3-11H2. The monoisotopic (exact) mass is 310 g/mol. The Bertz CT molecular complexity index is 432. The van der Waals surface area contributed by atoms with Crippen LogP contribution in [-0.2, 0) is 14.3 Å². The molecular weight excluding hydrogens is 284 g/mol. The zero-order valence-electron chi connectivity index (χ0n) is 13.0. The van der Waals surface area contributed by atoms with Gasteiger partial charge in [-0.3, -0.25) is 0 Å². The second-order valence-electron chi connectivity index (χ2n) is 7.62. The van der Waals surface area contributed by atoms with E-state index >= 15 is 0 Å². The maximum Gasteiger partial charge on any atom is 0.330 e. The molecule has 3 atom stereocenters. The third-order valence-electron chi connectivity index (χ3n) is 5.54. The SMILES string of the molecule is C=CC(=O)OC12CC3CC(CC(COCC(O)CO)(C3)C1)C2. The van der Waals surface area contributed by atoms with E-state index in [1.807, 2.05) is 0 Å². The van der Waals surface area contributed by atoms with Gasteiger partial charge in [0.1, 0.15) is 11.7 Å². The van der Waals surface area contributed by atoms with Gasteiger partial charge in [-0.2, -0.15) is 0 Å². The first-order valence-electron chi connectivity index (χ1n) is 8.20. The van der Waals surface area contributed by atoms with Crippen LogP contribution in [0.2, 0.25) is 0 Å². The van der Waals surface area contributed by atoms with Crippen LogP contribution in [0.25, 0.3) is 0 Å². The third kappa shape index (κ3) is 3.07. The van der Waals surface area contributed by atoms with Crippen LogP contribution in [0.4, 0.5) is 0 Å². The molecule has 0 heterocycles. The van der Waals surface area contributed by atoms with Crippen molar-refractivity contribution in [3.05, 3.63) is 12.7 Å². The summed E-state index contributed by atoms with van der Waals surface area (Å²) >= 11 is 0. The summed E-state index contributed by atoms with van der Waals surface area (Å²) in [6, 6.07) is 0. The van der Waals surface area contributed by atoms with E-state index in [-0.39, 0.29) is 30.2 Å². The smallest absolute Gasteiger partial charge is 0.330 e. The van der Waals surface area contributed by atoms with E-state index in [9.17, 15) is 9.90 Å². The topological polar surface area (TPSA) is 76.0 Å². The fraction of sp³-hybridized carbons (Fsp3) is 0.824. The Hall–Kier alpha value is -0.910. The van der Waals surface area contributed by atoms with Crippen molar-refractivity contribution in [2.24, 2.45) is 17.3 Å². The summed E-state index contributed by atoms with van der Waals surface area (Å²) in [5.41, 5.74) is -0.283. The lowest BCUT2D eigenvalue weighted by Crippen LogP contribution is -2.58. The largest absolute Gasteiger partial charge is 0.456 e. The summed E-state index contributed by atoms with van der Waals surface area (Å²) in [4.78, 5) is 11.7. The highest BCUT2D eigenvalue weighted by atomic mass is 16.6. The van der Waals surface area contributed by atoms with E-state index < -0.39 is 6.10 Å². The fourth-order valence-electron chi connectivity index (χ4n) is 5.37. The summed E-state index contributed by atoms with van der Waals surface area (Å²) in [5.74, 6) is 0.879. The van der Waals surface area contributed by atoms with Crippen molar-refractivity contribution < 1.29 is 24.5 Å². The Morgan fingerprint density at radius 2 is 2.00 bits per heavy atom. The first kappa shape index (κ1) is 16.0. The van der Waals surface area contributed by atoms with Gasteiger partial charge in [-0.15, -0.1) is 0 Å². The van der Waals surface area contributed by atoms with Crippen LogP contribution < -0.4 is 0 Å². The second-order valence-corrected chi connectivity index (χ2v) is 7.62. The van der Waals surface area contributed by atoms with Crippen molar-refractivity contribution >= 4 is 5.97 Å². The molecule has 5 nitrogen and oxygen atoms in total. The molecule has 4 bridgehead atoms. The minimum absolute atomic E-state index is 0.0563. The van der Waals surface area contributed by atoms with Crippen LogP contribution >= 0.6 is 0 Å². The maximum absolute atomic E-state index is 11.7. The lowest BCUT2D eigenvalue weighted by molar-refractivity contribution is -0.207. The number of carbonyl (C=O) groups excluding carboxylic acids is 1. The second kappa shape index (κ2) is 5.95. The number of aliphatic hydroxyl groups is 2. The van der Waals surface area contributed by atoms with Crippen molar-refractivity contribution in [1.82, 2.24) is 0 Å². The predicted octanol–water partition coefficient (Wildman–Crippen LogP) is 1.42. The minimum Gasteiger partial charge on any atom is -0.456 e. The van der Waals surface area contributed by atoms with Gasteiger partial charge in [0, 0.05) is 6.08 Å². The quantitative estimate of drug-likeness (QED) is 0.549. The number of hydrogen-bond donors (Lipinski definition) is 2. The van der Waals surface area contributed by atoms with Crippen molar-refractivity contribution in [1.29, 1.82) is 0 Å². The third-order valence-corrected chi connectivity index (χ3v) is 5.54. The lowest BCUT2D eigenvalue weighted by Gasteiger charge is -2.61. The molecule has 4 aliphatic carbocycles. The van der Waals surface area contributed by atoms with Crippen LogP contribution in [0.15, 0.2) is 12.7 Å². The predicted molar refractivity (Wildman–Crippen MR) is 80.0 cm³/mol. The number of carbonyl (C=O) groups is 1. The van der Waals surface area contributed by atoms with E-state index in [2.05, 4.69) is 6.58 Å². The van der Waals surface area contributed by atoms with E-state index in [1.54, 1.807) is 0 Å². The van der Waals surface area contributed by atoms with Crippen LogP contribution in [0.1, 0.15) is 38.5 Å². The van der Waals surface area contributed by atoms with Crippen LogP contribution in [0.3, 0.4) is 0 Å². The summed E-state index contributed by atoms with van der Waals surface area (Å²) in [6.07, 6.45) is 6.67.